The number of hydrogen-bond donors (Lipinski definition) is 0. The van der Waals surface area contributed by atoms with Gasteiger partial charge in [0.2, 0.25) is 0 Å². The summed E-state index contributed by atoms with van der Waals surface area (Å²) in [5.74, 6) is 0.606. The quantitative estimate of drug-likeness (QED) is 0.535. The second-order valence-electron chi connectivity index (χ2n) is 4.14. The Balaban J connectivity index is -0.000000499. The largest absolute Gasteiger partial charge is 0.0776 e. The van der Waals surface area contributed by atoms with Gasteiger partial charge in [0, 0.05) is 1.43 Å². The van der Waals surface area contributed by atoms with Crippen molar-refractivity contribution in [2.45, 2.75) is 54.9 Å². The number of rotatable bonds is 2. The van der Waals surface area contributed by atoms with Crippen LogP contribution in [0.25, 0.3) is 11.1 Å². The molecule has 2 aromatic carbocycles. The van der Waals surface area contributed by atoms with Gasteiger partial charge in [-0.05, 0) is 22.6 Å². The Morgan fingerprint density at radius 1 is 0.650 bits per heavy atom. The fourth-order valence-electron chi connectivity index (χ4n) is 1.69. The van der Waals surface area contributed by atoms with Crippen molar-refractivity contribution in [1.29, 1.82) is 0 Å². The van der Waals surface area contributed by atoms with Gasteiger partial charge in [-0.2, -0.15) is 0 Å². The molecule has 0 aliphatic carbocycles. The summed E-state index contributed by atoms with van der Waals surface area (Å²) < 4.78 is 0. The summed E-state index contributed by atoms with van der Waals surface area (Å²) in [5, 5.41) is 0. The van der Waals surface area contributed by atoms with E-state index >= 15 is 0 Å². The standard InChI is InChI=1S/C15H16.2C2H6.CH4.H2/c1-12(2)13-8-10-15(11-9-13)14-6-4-3-5-7-14;2*1-2;;/h3-12H,1-2H3;2*1-2H3;1H4;1H/i;;;;1+1. The molecule has 20 heavy (non-hydrogen) atoms. The van der Waals surface area contributed by atoms with Gasteiger partial charge in [-0.3, -0.25) is 0 Å². The molecular weight excluding hydrogens is 240 g/mol. The Hall–Kier alpha value is -1.56. The summed E-state index contributed by atoms with van der Waals surface area (Å²) in [5.41, 5.74) is 3.97. The Bertz CT molecular complexity index is 415. The van der Waals surface area contributed by atoms with Crippen molar-refractivity contribution in [1.82, 2.24) is 0 Å². The molecule has 0 heterocycles. The molecule has 0 heteroatoms. The fraction of sp³-hybridized carbons (Fsp3) is 0.400. The summed E-state index contributed by atoms with van der Waals surface area (Å²) >= 11 is 0. The van der Waals surface area contributed by atoms with Crippen LogP contribution in [0.15, 0.2) is 54.6 Å². The monoisotopic (exact) mass is 275 g/mol. The molecule has 0 spiro atoms. The molecule has 0 amide bonds. The van der Waals surface area contributed by atoms with Crippen LogP contribution in [-0.2, 0) is 0 Å². The van der Waals surface area contributed by atoms with Crippen LogP contribution in [-0.4, -0.2) is 0 Å². The second-order valence-corrected chi connectivity index (χ2v) is 4.14. The normalized spacial score (nSPS) is 8.55. The maximum absolute atomic E-state index is 2.22. The van der Waals surface area contributed by atoms with Crippen LogP contribution in [0, 0.1) is 0 Å². The van der Waals surface area contributed by atoms with Gasteiger partial charge >= 0.3 is 0 Å². The van der Waals surface area contributed by atoms with Crippen molar-refractivity contribution < 1.29 is 1.43 Å². The van der Waals surface area contributed by atoms with Crippen molar-refractivity contribution in [2.24, 2.45) is 0 Å². The topological polar surface area (TPSA) is 0 Å². The van der Waals surface area contributed by atoms with Crippen LogP contribution in [0.3, 0.4) is 0 Å². The molecule has 0 aliphatic heterocycles. The van der Waals surface area contributed by atoms with Gasteiger partial charge in [0.15, 0.2) is 0 Å². The molecule has 0 unspecified atom stereocenters. The number of hydrogen-bond acceptors (Lipinski definition) is 0. The summed E-state index contributed by atoms with van der Waals surface area (Å²) in [6.07, 6.45) is 0. The summed E-state index contributed by atoms with van der Waals surface area (Å²) in [6.45, 7) is 12.4. The lowest BCUT2D eigenvalue weighted by Gasteiger charge is -2.06. The third-order valence-electron chi connectivity index (χ3n) is 2.68. The average Bonchev–Trinajstić information content (AvgIpc) is 2.52. The Labute approximate surface area is 128 Å². The maximum atomic E-state index is 2.22. The Kier molecular flexibility index (Phi) is 12.9. The second kappa shape index (κ2) is 12.5. The van der Waals surface area contributed by atoms with Gasteiger partial charge in [-0.15, -0.1) is 0 Å². The van der Waals surface area contributed by atoms with Crippen LogP contribution in [0.5, 0.6) is 0 Å². The highest BCUT2D eigenvalue weighted by atomic mass is 14.0. The van der Waals surface area contributed by atoms with Gasteiger partial charge in [-0.25, -0.2) is 0 Å². The highest BCUT2D eigenvalue weighted by molar-refractivity contribution is 5.63. The zero-order chi connectivity index (χ0) is 14.7. The molecule has 0 radical (unpaired) electrons. The van der Waals surface area contributed by atoms with E-state index in [0.717, 1.165) is 0 Å². The third-order valence-corrected chi connectivity index (χ3v) is 2.68. The summed E-state index contributed by atoms with van der Waals surface area (Å²) in [6, 6.07) is 19.3. The van der Waals surface area contributed by atoms with Crippen LogP contribution in [0.2, 0.25) is 0 Å². The van der Waals surface area contributed by atoms with Crippen molar-refractivity contribution >= 4 is 0 Å². The predicted molar refractivity (Wildman–Crippen MR) is 97.5 cm³/mol. The van der Waals surface area contributed by atoms with Gasteiger partial charge in [0.05, 0.1) is 0 Å². The van der Waals surface area contributed by atoms with E-state index in [4.69, 9.17) is 0 Å². The maximum Gasteiger partial charge on any atom is 0 e. The molecule has 0 bridgehead atoms. The smallest absolute Gasteiger partial charge is 0 e. The van der Waals surface area contributed by atoms with E-state index in [9.17, 15) is 0 Å². The molecule has 0 atom stereocenters. The highest BCUT2D eigenvalue weighted by Gasteiger charge is 1.99. The first kappa shape index (κ1) is 20.8. The molecule has 0 nitrogen and oxygen atoms in total. The molecule has 0 fully saturated rings. The van der Waals surface area contributed by atoms with Crippen LogP contribution in [0.1, 0.15) is 61.9 Å². The van der Waals surface area contributed by atoms with Gasteiger partial charge < -0.3 is 0 Å². The van der Waals surface area contributed by atoms with E-state index in [1.807, 2.05) is 33.8 Å². The Morgan fingerprint density at radius 3 is 1.45 bits per heavy atom. The van der Waals surface area contributed by atoms with E-state index in [-0.39, 0.29) is 8.85 Å². The lowest BCUT2D eigenvalue weighted by molar-refractivity contribution is 0.867. The predicted octanol–water partition coefficient (Wildman–Crippen LogP) is 7.41. The third kappa shape index (κ3) is 6.56. The first-order valence-electron chi connectivity index (χ1n) is 7.43. The van der Waals surface area contributed by atoms with Crippen molar-refractivity contribution in [2.75, 3.05) is 0 Å². The highest BCUT2D eigenvalue weighted by Crippen LogP contribution is 2.22. The molecule has 0 saturated heterocycles. The van der Waals surface area contributed by atoms with E-state index in [1.54, 1.807) is 0 Å². The molecular formula is C20H34. The van der Waals surface area contributed by atoms with Crippen molar-refractivity contribution in [3.63, 3.8) is 0 Å². The minimum Gasteiger partial charge on any atom is -0.0776 e. The van der Waals surface area contributed by atoms with Gasteiger partial charge in [0.1, 0.15) is 0 Å². The molecule has 0 aliphatic rings. The fourth-order valence-corrected chi connectivity index (χ4v) is 1.69. The van der Waals surface area contributed by atoms with Gasteiger partial charge in [-0.1, -0.05) is 104 Å². The van der Waals surface area contributed by atoms with E-state index < -0.39 is 0 Å². The first-order chi connectivity index (χ1) is 9.27. The molecule has 0 saturated carbocycles. The van der Waals surface area contributed by atoms with Crippen molar-refractivity contribution in [3.8, 4) is 11.1 Å². The van der Waals surface area contributed by atoms with Crippen LogP contribution in [0.4, 0.5) is 0 Å². The zero-order valence-corrected chi connectivity index (χ0v) is 13.3. The van der Waals surface area contributed by atoms with Crippen LogP contribution >= 0.6 is 0 Å². The summed E-state index contributed by atoms with van der Waals surface area (Å²) in [7, 11) is 0. The van der Waals surface area contributed by atoms with Gasteiger partial charge in [0.25, 0.3) is 0 Å². The van der Waals surface area contributed by atoms with Crippen LogP contribution < -0.4 is 0 Å². The minimum absolute atomic E-state index is 0. The van der Waals surface area contributed by atoms with E-state index in [0.29, 0.717) is 5.92 Å². The van der Waals surface area contributed by atoms with E-state index in [2.05, 4.69) is 62.4 Å². The number of benzene rings is 2. The molecule has 114 valence electrons. The molecule has 2 rings (SSSR count). The Morgan fingerprint density at radius 2 is 1.05 bits per heavy atom. The van der Waals surface area contributed by atoms with Crippen molar-refractivity contribution in [3.05, 3.63) is 60.2 Å². The molecule has 2 aromatic rings. The lowest BCUT2D eigenvalue weighted by atomic mass is 9.99. The molecule has 0 aromatic heterocycles. The first-order valence-corrected chi connectivity index (χ1v) is 7.43. The minimum atomic E-state index is 0. The molecule has 0 N–H and O–H groups in total. The average molecular weight is 275 g/mol. The van der Waals surface area contributed by atoms with E-state index in [1.165, 1.54) is 16.7 Å². The SMILES string of the molecule is C.CC.CC.CC(C)c1ccc(-c2ccccc2)cc1.[2HH]. The lowest BCUT2D eigenvalue weighted by Crippen LogP contribution is -1.86. The zero-order valence-electron chi connectivity index (χ0n) is 13.3. The summed E-state index contributed by atoms with van der Waals surface area (Å²) in [4.78, 5) is 0.